The molecule has 0 aliphatic rings. The summed E-state index contributed by atoms with van der Waals surface area (Å²) < 4.78 is 0. The average Bonchev–Trinajstić information content (AvgIpc) is 1.87. The van der Waals surface area contributed by atoms with E-state index in [1.807, 2.05) is 13.8 Å². The van der Waals surface area contributed by atoms with Crippen molar-refractivity contribution in [3.63, 3.8) is 0 Å². The number of Topliss-reactive ketones (excluding diaryl/α,β-unsaturated/α-hetero) is 1. The van der Waals surface area contributed by atoms with Gasteiger partial charge in [-0.15, -0.1) is 6.58 Å². The first-order valence-corrected chi connectivity index (χ1v) is 4.06. The van der Waals surface area contributed by atoms with Crippen LogP contribution in [-0.4, -0.2) is 18.4 Å². The number of carbonyl (C=O) groups excluding carboxylic acids is 1. The fourth-order valence-corrected chi connectivity index (χ4v) is 1.01. The average molecular weight is 155 g/mol. The molecule has 0 rings (SSSR count). The second-order valence-electron chi connectivity index (χ2n) is 2.69. The lowest BCUT2D eigenvalue weighted by Crippen LogP contribution is -2.27. The molecule has 0 aromatic carbocycles. The van der Waals surface area contributed by atoms with Crippen molar-refractivity contribution in [2.45, 2.75) is 32.7 Å². The zero-order valence-corrected chi connectivity index (χ0v) is 7.39. The molecule has 0 aromatic rings. The molecule has 0 fully saturated rings. The van der Waals surface area contributed by atoms with Gasteiger partial charge in [-0.3, -0.25) is 4.79 Å². The lowest BCUT2D eigenvalue weighted by Gasteiger charge is -2.09. The Labute approximate surface area is 68.7 Å². The summed E-state index contributed by atoms with van der Waals surface area (Å²) in [6.45, 7) is 8.49. The molecule has 1 N–H and O–H groups in total. The number of hydrogen-bond donors (Lipinski definition) is 1. The highest BCUT2D eigenvalue weighted by atomic mass is 16.1. The third kappa shape index (κ3) is 5.80. The van der Waals surface area contributed by atoms with Crippen LogP contribution in [0.25, 0.3) is 0 Å². The van der Waals surface area contributed by atoms with Crippen LogP contribution in [0.5, 0.6) is 0 Å². The second kappa shape index (κ2) is 6.10. The van der Waals surface area contributed by atoms with Gasteiger partial charge in [-0.25, -0.2) is 0 Å². The Balaban J connectivity index is 3.48. The monoisotopic (exact) mass is 155 g/mol. The summed E-state index contributed by atoms with van der Waals surface area (Å²) in [5.41, 5.74) is 0. The highest BCUT2D eigenvalue weighted by Gasteiger charge is 2.04. The van der Waals surface area contributed by atoms with Crippen LogP contribution in [0.4, 0.5) is 0 Å². The molecule has 0 heterocycles. The molecule has 2 nitrogen and oxygen atoms in total. The summed E-state index contributed by atoms with van der Waals surface area (Å²) in [5.74, 6) is 0.258. The zero-order chi connectivity index (χ0) is 8.69. The SMILES string of the molecule is C=CCC(=O)CC(C)NCC. The molecule has 1 unspecified atom stereocenters. The Kier molecular flexibility index (Phi) is 5.75. The predicted octanol–water partition coefficient (Wildman–Crippen LogP) is 1.52. The summed E-state index contributed by atoms with van der Waals surface area (Å²) in [7, 11) is 0. The Bertz CT molecular complexity index is 132. The summed E-state index contributed by atoms with van der Waals surface area (Å²) >= 11 is 0. The summed E-state index contributed by atoms with van der Waals surface area (Å²) in [5, 5.41) is 3.18. The minimum Gasteiger partial charge on any atom is -0.314 e. The Morgan fingerprint density at radius 2 is 2.36 bits per heavy atom. The first-order valence-electron chi connectivity index (χ1n) is 4.06. The van der Waals surface area contributed by atoms with Gasteiger partial charge in [-0.2, -0.15) is 0 Å². The Morgan fingerprint density at radius 3 is 2.82 bits per heavy atom. The van der Waals surface area contributed by atoms with Crippen molar-refractivity contribution in [3.05, 3.63) is 12.7 Å². The first-order chi connectivity index (χ1) is 5.20. The van der Waals surface area contributed by atoms with E-state index in [2.05, 4.69) is 11.9 Å². The van der Waals surface area contributed by atoms with Crippen molar-refractivity contribution in [3.8, 4) is 0 Å². The van der Waals surface area contributed by atoms with Gasteiger partial charge in [0, 0.05) is 18.9 Å². The fourth-order valence-electron chi connectivity index (χ4n) is 1.01. The fraction of sp³-hybridized carbons (Fsp3) is 0.667. The summed E-state index contributed by atoms with van der Waals surface area (Å²) in [6.07, 6.45) is 2.76. The van der Waals surface area contributed by atoms with Gasteiger partial charge < -0.3 is 5.32 Å². The minimum atomic E-state index is 0.258. The van der Waals surface area contributed by atoms with E-state index in [1.54, 1.807) is 6.08 Å². The number of carbonyl (C=O) groups is 1. The van der Waals surface area contributed by atoms with Crippen LogP contribution in [0, 0.1) is 0 Å². The van der Waals surface area contributed by atoms with E-state index in [-0.39, 0.29) is 5.78 Å². The topological polar surface area (TPSA) is 29.1 Å². The molecule has 0 aliphatic carbocycles. The minimum absolute atomic E-state index is 0.258. The number of nitrogens with one attached hydrogen (secondary N) is 1. The van der Waals surface area contributed by atoms with E-state index in [0.717, 1.165) is 6.54 Å². The van der Waals surface area contributed by atoms with Crippen LogP contribution in [0.2, 0.25) is 0 Å². The van der Waals surface area contributed by atoms with Crippen LogP contribution in [0.3, 0.4) is 0 Å². The lowest BCUT2D eigenvalue weighted by molar-refractivity contribution is -0.118. The number of rotatable bonds is 6. The summed E-state index contributed by atoms with van der Waals surface area (Å²) in [6, 6.07) is 0.299. The van der Waals surface area contributed by atoms with Gasteiger partial charge >= 0.3 is 0 Å². The maximum absolute atomic E-state index is 11.0. The molecule has 0 bridgehead atoms. The van der Waals surface area contributed by atoms with Gasteiger partial charge in [0.05, 0.1) is 0 Å². The zero-order valence-electron chi connectivity index (χ0n) is 7.39. The first kappa shape index (κ1) is 10.4. The van der Waals surface area contributed by atoms with Crippen LogP contribution in [0.15, 0.2) is 12.7 Å². The lowest BCUT2D eigenvalue weighted by atomic mass is 10.1. The van der Waals surface area contributed by atoms with Crippen LogP contribution >= 0.6 is 0 Å². The molecule has 11 heavy (non-hydrogen) atoms. The molecule has 0 aromatic heterocycles. The van der Waals surface area contributed by atoms with Gasteiger partial charge in [-0.05, 0) is 13.5 Å². The number of allylic oxidation sites excluding steroid dienone is 1. The summed E-state index contributed by atoms with van der Waals surface area (Å²) in [4.78, 5) is 11.0. The standard InChI is InChI=1S/C9H17NO/c1-4-6-9(11)7-8(3)10-5-2/h4,8,10H,1,5-7H2,2-3H3. The normalized spacial score (nSPS) is 12.5. The molecule has 1 atom stereocenters. The van der Waals surface area contributed by atoms with Gasteiger partial charge in [0.2, 0.25) is 0 Å². The number of hydrogen-bond acceptors (Lipinski definition) is 2. The second-order valence-corrected chi connectivity index (χ2v) is 2.69. The van der Waals surface area contributed by atoms with E-state index in [1.165, 1.54) is 0 Å². The van der Waals surface area contributed by atoms with Crippen molar-refractivity contribution in [2.24, 2.45) is 0 Å². The molecule has 64 valence electrons. The molecule has 0 saturated heterocycles. The van der Waals surface area contributed by atoms with E-state index in [0.29, 0.717) is 18.9 Å². The number of ketones is 1. The highest BCUT2D eigenvalue weighted by Crippen LogP contribution is 1.95. The van der Waals surface area contributed by atoms with Crippen molar-refractivity contribution >= 4 is 5.78 Å². The Morgan fingerprint density at radius 1 is 1.73 bits per heavy atom. The molecular weight excluding hydrogens is 138 g/mol. The quantitative estimate of drug-likeness (QED) is 0.589. The predicted molar refractivity (Wildman–Crippen MR) is 47.6 cm³/mol. The maximum atomic E-state index is 11.0. The molecule has 0 amide bonds. The molecule has 0 aliphatic heterocycles. The van der Waals surface area contributed by atoms with Crippen LogP contribution < -0.4 is 5.32 Å². The molecule has 0 radical (unpaired) electrons. The van der Waals surface area contributed by atoms with E-state index >= 15 is 0 Å². The maximum Gasteiger partial charge on any atom is 0.138 e. The third-order valence-corrected chi connectivity index (χ3v) is 1.46. The van der Waals surface area contributed by atoms with Crippen molar-refractivity contribution in [1.82, 2.24) is 5.32 Å². The van der Waals surface area contributed by atoms with Gasteiger partial charge in [0.25, 0.3) is 0 Å². The highest BCUT2D eigenvalue weighted by molar-refractivity contribution is 5.80. The van der Waals surface area contributed by atoms with E-state index in [9.17, 15) is 4.79 Å². The molecule has 0 saturated carbocycles. The van der Waals surface area contributed by atoms with Crippen LogP contribution in [-0.2, 0) is 4.79 Å². The molecular formula is C9H17NO. The smallest absolute Gasteiger partial charge is 0.138 e. The van der Waals surface area contributed by atoms with Gasteiger partial charge in [0.15, 0.2) is 0 Å². The molecule has 2 heteroatoms. The van der Waals surface area contributed by atoms with Gasteiger partial charge in [0.1, 0.15) is 5.78 Å². The van der Waals surface area contributed by atoms with Crippen molar-refractivity contribution in [2.75, 3.05) is 6.54 Å². The van der Waals surface area contributed by atoms with Gasteiger partial charge in [-0.1, -0.05) is 13.0 Å². The third-order valence-electron chi connectivity index (χ3n) is 1.46. The van der Waals surface area contributed by atoms with E-state index in [4.69, 9.17) is 0 Å². The Hall–Kier alpha value is -0.630. The largest absolute Gasteiger partial charge is 0.314 e. The van der Waals surface area contributed by atoms with Crippen molar-refractivity contribution < 1.29 is 4.79 Å². The van der Waals surface area contributed by atoms with Crippen LogP contribution in [0.1, 0.15) is 26.7 Å². The van der Waals surface area contributed by atoms with E-state index < -0.39 is 0 Å². The molecule has 0 spiro atoms. The van der Waals surface area contributed by atoms with Crippen molar-refractivity contribution in [1.29, 1.82) is 0 Å².